The molecule has 180 valence electrons. The molecule has 0 bridgehead atoms. The minimum atomic E-state index is -2.81. The van der Waals surface area contributed by atoms with Crippen molar-refractivity contribution >= 4 is 5.78 Å². The van der Waals surface area contributed by atoms with Crippen LogP contribution in [0.15, 0.2) is 0 Å². The van der Waals surface area contributed by atoms with Crippen LogP contribution in [0, 0.1) is 0 Å². The summed E-state index contributed by atoms with van der Waals surface area (Å²) in [5, 5.41) is 40.4. The van der Waals surface area contributed by atoms with E-state index >= 15 is 0 Å². The van der Waals surface area contributed by atoms with Crippen LogP contribution < -0.4 is 5.73 Å². The number of nitrogens with two attached hydrogens (primary N) is 1. The highest BCUT2D eigenvalue weighted by molar-refractivity contribution is 5.86. The Balaban J connectivity index is 3.91. The van der Waals surface area contributed by atoms with Gasteiger partial charge >= 0.3 is 0 Å². The second kappa shape index (κ2) is 18.1. The van der Waals surface area contributed by atoms with Gasteiger partial charge in [-0.25, -0.2) is 0 Å². The van der Waals surface area contributed by atoms with Gasteiger partial charge in [-0.15, -0.1) is 0 Å². The molecule has 6 nitrogen and oxygen atoms in total. The molecule has 6 N–H and O–H groups in total. The molecule has 0 aliphatic carbocycles. The molecule has 0 aliphatic rings. The maximum absolute atomic E-state index is 12.0. The van der Waals surface area contributed by atoms with Gasteiger partial charge in [0, 0.05) is 6.42 Å². The average molecular weight is 432 g/mol. The summed E-state index contributed by atoms with van der Waals surface area (Å²) in [6, 6.07) is -1.63. The van der Waals surface area contributed by atoms with Gasteiger partial charge in [0.1, 0.15) is 6.10 Å². The van der Waals surface area contributed by atoms with Gasteiger partial charge in [-0.2, -0.15) is 0 Å². The monoisotopic (exact) mass is 431 g/mol. The molecule has 3 atom stereocenters. The van der Waals surface area contributed by atoms with Gasteiger partial charge in [0.15, 0.2) is 5.78 Å². The fourth-order valence-corrected chi connectivity index (χ4v) is 3.75. The number of hydrogen-bond donors (Lipinski definition) is 5. The van der Waals surface area contributed by atoms with Gasteiger partial charge in [0.25, 0.3) is 0 Å². The molecule has 0 saturated carbocycles. The molecule has 0 heterocycles. The molecule has 0 unspecified atom stereocenters. The average Bonchev–Trinajstić information content (AvgIpc) is 2.73. The molecule has 0 aliphatic heterocycles. The van der Waals surface area contributed by atoms with E-state index in [0.29, 0.717) is 12.8 Å². The predicted molar refractivity (Wildman–Crippen MR) is 122 cm³/mol. The minimum absolute atomic E-state index is 0.00387. The van der Waals surface area contributed by atoms with Gasteiger partial charge in [0.2, 0.25) is 5.79 Å². The normalized spacial score (nSPS) is 15.2. The number of rotatable bonds is 21. The van der Waals surface area contributed by atoms with E-state index in [9.17, 15) is 25.2 Å². The summed E-state index contributed by atoms with van der Waals surface area (Å²) in [5.74, 6) is -3.62. The molecule has 0 fully saturated rings. The summed E-state index contributed by atoms with van der Waals surface area (Å²) in [6.45, 7) is 4.22. The van der Waals surface area contributed by atoms with E-state index in [-0.39, 0.29) is 6.42 Å². The Morgan fingerprint density at radius 1 is 0.733 bits per heavy atom. The fourth-order valence-electron chi connectivity index (χ4n) is 3.75. The lowest BCUT2D eigenvalue weighted by Gasteiger charge is -2.32. The first-order valence-electron chi connectivity index (χ1n) is 12.4. The summed E-state index contributed by atoms with van der Waals surface area (Å²) in [4.78, 5) is 12.0. The summed E-state index contributed by atoms with van der Waals surface area (Å²) in [6.07, 6.45) is 14.3. The van der Waals surface area contributed by atoms with Crippen molar-refractivity contribution < 1.29 is 25.2 Å². The quantitative estimate of drug-likeness (QED) is 0.138. The Morgan fingerprint density at radius 3 is 1.60 bits per heavy atom. The third-order valence-corrected chi connectivity index (χ3v) is 6.00. The van der Waals surface area contributed by atoms with Crippen molar-refractivity contribution in [1.29, 1.82) is 0 Å². The fraction of sp³-hybridized carbons (Fsp3) is 0.958. The second-order valence-corrected chi connectivity index (χ2v) is 8.87. The van der Waals surface area contributed by atoms with Gasteiger partial charge in [-0.3, -0.25) is 4.79 Å². The van der Waals surface area contributed by atoms with E-state index in [1.165, 1.54) is 57.8 Å². The third kappa shape index (κ3) is 13.0. The Labute approximate surface area is 184 Å². The molecule has 0 aromatic rings. The van der Waals surface area contributed by atoms with Gasteiger partial charge < -0.3 is 26.2 Å². The largest absolute Gasteiger partial charge is 0.390 e. The maximum atomic E-state index is 12.0. The van der Waals surface area contributed by atoms with Crippen molar-refractivity contribution in [3.63, 3.8) is 0 Å². The Morgan fingerprint density at radius 2 is 1.13 bits per heavy atom. The number of ketones is 1. The minimum Gasteiger partial charge on any atom is -0.390 e. The zero-order valence-corrected chi connectivity index (χ0v) is 19.5. The Hall–Kier alpha value is -0.530. The van der Waals surface area contributed by atoms with Gasteiger partial charge in [-0.1, -0.05) is 104 Å². The van der Waals surface area contributed by atoms with Crippen LogP contribution in [0.5, 0.6) is 0 Å². The summed E-state index contributed by atoms with van der Waals surface area (Å²) in [5.41, 5.74) is 5.71. The van der Waals surface area contributed by atoms with Crippen LogP contribution in [0.4, 0.5) is 0 Å². The molecular formula is C24H49NO5. The lowest BCUT2D eigenvalue weighted by Crippen LogP contribution is -2.61. The lowest BCUT2D eigenvalue weighted by molar-refractivity contribution is -0.205. The summed E-state index contributed by atoms with van der Waals surface area (Å²) in [7, 11) is 0. The molecule has 0 saturated heterocycles. The van der Waals surface area contributed by atoms with E-state index in [2.05, 4.69) is 6.92 Å². The number of Topliss-reactive ketones (excluding diaryl/α,β-unsaturated/α-hetero) is 1. The molecule has 0 rings (SSSR count). The topological polar surface area (TPSA) is 124 Å². The highest BCUT2D eigenvalue weighted by atomic mass is 16.5. The Bertz CT molecular complexity index is 416. The van der Waals surface area contributed by atoms with E-state index < -0.39 is 29.8 Å². The zero-order valence-electron chi connectivity index (χ0n) is 19.5. The lowest BCUT2D eigenvalue weighted by atomic mass is 9.90. The maximum Gasteiger partial charge on any atom is 0.242 e. The van der Waals surface area contributed by atoms with E-state index in [0.717, 1.165) is 32.1 Å². The van der Waals surface area contributed by atoms with Crippen molar-refractivity contribution in [1.82, 2.24) is 0 Å². The number of carbonyl (C=O) groups excluding carboxylic acids is 1. The molecule has 0 spiro atoms. The van der Waals surface area contributed by atoms with Crippen LogP contribution in [0.3, 0.4) is 0 Å². The molecule has 0 aromatic carbocycles. The molecule has 0 radical (unpaired) electrons. The van der Waals surface area contributed by atoms with E-state index in [1.807, 2.05) is 6.92 Å². The van der Waals surface area contributed by atoms with Gasteiger partial charge in [-0.05, 0) is 12.8 Å². The molecule has 0 aromatic heterocycles. The van der Waals surface area contributed by atoms with E-state index in [1.54, 1.807) is 0 Å². The second-order valence-electron chi connectivity index (χ2n) is 8.87. The number of unbranched alkanes of at least 4 members (excludes halogenated alkanes) is 13. The molecule has 30 heavy (non-hydrogen) atoms. The third-order valence-electron chi connectivity index (χ3n) is 6.00. The molecule has 6 heteroatoms. The smallest absolute Gasteiger partial charge is 0.242 e. The molecular weight excluding hydrogens is 382 g/mol. The van der Waals surface area contributed by atoms with Crippen LogP contribution in [0.1, 0.15) is 123 Å². The van der Waals surface area contributed by atoms with Crippen LogP contribution in [0.2, 0.25) is 0 Å². The summed E-state index contributed by atoms with van der Waals surface area (Å²) >= 11 is 0. The van der Waals surface area contributed by atoms with Crippen molar-refractivity contribution in [2.45, 2.75) is 147 Å². The van der Waals surface area contributed by atoms with Crippen LogP contribution in [0.25, 0.3) is 0 Å². The van der Waals surface area contributed by atoms with Gasteiger partial charge in [0.05, 0.1) is 12.1 Å². The summed E-state index contributed by atoms with van der Waals surface area (Å²) < 4.78 is 0. The van der Waals surface area contributed by atoms with Crippen LogP contribution >= 0.6 is 0 Å². The van der Waals surface area contributed by atoms with Crippen molar-refractivity contribution in [3.05, 3.63) is 0 Å². The standard InChI is InChI=1S/C24H49NO5/c1-3-5-7-8-9-10-11-12-13-14-15-17-18-20(26)22(28)23(25)24(29,30)21(27)19-16-6-4-2/h20,22-23,26,28-30H,3-19,25H2,1-2H3/t20-,22-,23-/m1/s1. The zero-order chi connectivity index (χ0) is 22.8. The van der Waals surface area contributed by atoms with Crippen molar-refractivity contribution in [2.75, 3.05) is 0 Å². The van der Waals surface area contributed by atoms with Crippen molar-refractivity contribution in [3.8, 4) is 0 Å². The number of carbonyl (C=O) groups is 1. The van der Waals surface area contributed by atoms with Crippen LogP contribution in [-0.2, 0) is 4.79 Å². The number of aliphatic hydroxyl groups excluding tert-OH is 2. The van der Waals surface area contributed by atoms with Crippen LogP contribution in [-0.4, -0.2) is 50.2 Å². The van der Waals surface area contributed by atoms with E-state index in [4.69, 9.17) is 5.73 Å². The molecule has 0 amide bonds. The Kier molecular flexibility index (Phi) is 17.8. The first-order chi connectivity index (χ1) is 14.3. The number of aliphatic hydroxyl groups is 4. The SMILES string of the molecule is CCCCCCCCCCCCCC[C@@H](O)[C@@H](O)[C@@H](N)C(O)(O)C(=O)CCCCC. The first kappa shape index (κ1) is 29.5. The van der Waals surface area contributed by atoms with Crippen molar-refractivity contribution in [2.24, 2.45) is 5.73 Å². The number of hydrogen-bond acceptors (Lipinski definition) is 6. The first-order valence-corrected chi connectivity index (χ1v) is 12.4. The highest BCUT2D eigenvalue weighted by Crippen LogP contribution is 2.19. The predicted octanol–water partition coefficient (Wildman–Crippen LogP) is 3.96. The highest BCUT2D eigenvalue weighted by Gasteiger charge is 2.44.